The molecule has 5 nitrogen and oxygen atoms in total. The van der Waals surface area contributed by atoms with Crippen LogP contribution in [0, 0.1) is 6.92 Å². The smallest absolute Gasteiger partial charge is 0.226 e. The van der Waals surface area contributed by atoms with Crippen LogP contribution in [-0.2, 0) is 6.54 Å². The highest BCUT2D eigenvalue weighted by atomic mass is 32.1. The van der Waals surface area contributed by atoms with E-state index < -0.39 is 0 Å². The molecule has 0 saturated carbocycles. The molecular weight excluding hydrogens is 290 g/mol. The topological polar surface area (TPSA) is 62.7 Å². The fourth-order valence-corrected chi connectivity index (χ4v) is 3.36. The van der Waals surface area contributed by atoms with Crippen molar-refractivity contribution in [3.63, 3.8) is 0 Å². The molecule has 3 aromatic heterocycles. The van der Waals surface area contributed by atoms with Crippen molar-refractivity contribution in [2.75, 3.05) is 17.2 Å². The monoisotopic (exact) mass is 305 g/mol. The molecule has 0 unspecified atom stereocenters. The van der Waals surface area contributed by atoms with Gasteiger partial charge in [-0.15, -0.1) is 22.7 Å². The van der Waals surface area contributed by atoms with Gasteiger partial charge in [0.2, 0.25) is 5.95 Å². The molecule has 0 aliphatic carbocycles. The molecule has 0 radical (unpaired) electrons. The molecule has 0 atom stereocenters. The van der Waals surface area contributed by atoms with Crippen LogP contribution in [-0.4, -0.2) is 21.5 Å². The Morgan fingerprint density at radius 2 is 2.15 bits per heavy atom. The normalized spacial score (nSPS) is 10.9. The number of thiazole rings is 1. The summed E-state index contributed by atoms with van der Waals surface area (Å²) in [5.41, 5.74) is 0. The Balaban J connectivity index is 1.87. The van der Waals surface area contributed by atoms with E-state index >= 15 is 0 Å². The standard InChI is InChI=1S/C13H15N5S2/c1-3-14-13-17-11(9-4-5-19-12(9)18-13)16-7-10-15-6-8(2)20-10/h4-6H,3,7H2,1-2H3,(H2,14,16,17,18). The highest BCUT2D eigenvalue weighted by Gasteiger charge is 2.09. The summed E-state index contributed by atoms with van der Waals surface area (Å²) in [5, 5.41) is 10.7. The maximum atomic E-state index is 4.53. The van der Waals surface area contributed by atoms with Gasteiger partial charge in [0.15, 0.2) is 0 Å². The predicted molar refractivity (Wildman–Crippen MR) is 85.8 cm³/mol. The van der Waals surface area contributed by atoms with Gasteiger partial charge in [-0.25, -0.2) is 9.97 Å². The number of nitrogens with zero attached hydrogens (tertiary/aromatic N) is 3. The van der Waals surface area contributed by atoms with E-state index in [0.29, 0.717) is 12.5 Å². The molecule has 104 valence electrons. The first-order valence-electron chi connectivity index (χ1n) is 6.40. The van der Waals surface area contributed by atoms with Crippen LogP contribution in [0.2, 0.25) is 0 Å². The number of rotatable bonds is 5. The lowest BCUT2D eigenvalue weighted by atomic mass is 10.4. The van der Waals surface area contributed by atoms with Crippen molar-refractivity contribution in [3.8, 4) is 0 Å². The summed E-state index contributed by atoms with van der Waals surface area (Å²) < 4.78 is 0. The molecular formula is C13H15N5S2. The van der Waals surface area contributed by atoms with Gasteiger partial charge in [-0.3, -0.25) is 0 Å². The number of nitrogens with one attached hydrogen (secondary N) is 2. The Kier molecular flexibility index (Phi) is 3.79. The molecule has 0 amide bonds. The van der Waals surface area contributed by atoms with Crippen molar-refractivity contribution >= 4 is 44.7 Å². The van der Waals surface area contributed by atoms with E-state index in [1.165, 1.54) is 4.88 Å². The van der Waals surface area contributed by atoms with Gasteiger partial charge in [0, 0.05) is 17.6 Å². The van der Waals surface area contributed by atoms with Crippen molar-refractivity contribution in [2.24, 2.45) is 0 Å². The summed E-state index contributed by atoms with van der Waals surface area (Å²) in [7, 11) is 0. The lowest BCUT2D eigenvalue weighted by Gasteiger charge is -2.08. The Morgan fingerprint density at radius 1 is 1.25 bits per heavy atom. The summed E-state index contributed by atoms with van der Waals surface area (Å²) in [4.78, 5) is 15.6. The number of fused-ring (bicyclic) bond motifs is 1. The van der Waals surface area contributed by atoms with Crippen LogP contribution >= 0.6 is 22.7 Å². The van der Waals surface area contributed by atoms with Gasteiger partial charge in [-0.1, -0.05) is 0 Å². The molecule has 0 aromatic carbocycles. The maximum absolute atomic E-state index is 4.53. The van der Waals surface area contributed by atoms with Crippen LogP contribution in [0.25, 0.3) is 10.2 Å². The molecule has 3 rings (SSSR count). The molecule has 0 aliphatic rings. The second-order valence-corrected chi connectivity index (χ2v) is 6.50. The van der Waals surface area contributed by atoms with Gasteiger partial charge in [-0.05, 0) is 25.3 Å². The van der Waals surface area contributed by atoms with Crippen molar-refractivity contribution in [2.45, 2.75) is 20.4 Å². The summed E-state index contributed by atoms with van der Waals surface area (Å²) in [6, 6.07) is 2.05. The van der Waals surface area contributed by atoms with Crippen molar-refractivity contribution in [3.05, 3.63) is 27.5 Å². The molecule has 0 spiro atoms. The highest BCUT2D eigenvalue weighted by Crippen LogP contribution is 2.27. The highest BCUT2D eigenvalue weighted by molar-refractivity contribution is 7.16. The summed E-state index contributed by atoms with van der Waals surface area (Å²) in [6.07, 6.45) is 1.89. The second kappa shape index (κ2) is 5.72. The van der Waals surface area contributed by atoms with Crippen LogP contribution in [0.15, 0.2) is 17.6 Å². The number of hydrogen-bond acceptors (Lipinski definition) is 7. The first-order valence-corrected chi connectivity index (χ1v) is 8.10. The van der Waals surface area contributed by atoms with E-state index in [0.717, 1.165) is 27.6 Å². The van der Waals surface area contributed by atoms with Crippen molar-refractivity contribution in [1.82, 2.24) is 15.0 Å². The Morgan fingerprint density at radius 3 is 2.90 bits per heavy atom. The van der Waals surface area contributed by atoms with E-state index in [4.69, 9.17) is 0 Å². The number of aromatic nitrogens is 3. The first-order chi connectivity index (χ1) is 9.76. The average molecular weight is 305 g/mol. The molecule has 0 saturated heterocycles. The quantitative estimate of drug-likeness (QED) is 0.755. The van der Waals surface area contributed by atoms with Crippen LogP contribution in [0.3, 0.4) is 0 Å². The molecule has 0 aliphatic heterocycles. The van der Waals surface area contributed by atoms with Crippen LogP contribution in [0.5, 0.6) is 0 Å². The van der Waals surface area contributed by atoms with Gasteiger partial charge < -0.3 is 10.6 Å². The Hall–Kier alpha value is -1.73. The summed E-state index contributed by atoms with van der Waals surface area (Å²) in [5.74, 6) is 1.53. The van der Waals surface area contributed by atoms with Gasteiger partial charge in [0.1, 0.15) is 15.7 Å². The maximum Gasteiger partial charge on any atom is 0.226 e. The third-order valence-corrected chi connectivity index (χ3v) is 4.46. The predicted octanol–water partition coefficient (Wildman–Crippen LogP) is 3.50. The minimum absolute atomic E-state index is 0.667. The van der Waals surface area contributed by atoms with E-state index in [1.807, 2.05) is 24.6 Å². The van der Waals surface area contributed by atoms with Gasteiger partial charge in [0.05, 0.1) is 11.9 Å². The van der Waals surface area contributed by atoms with Gasteiger partial charge in [0.25, 0.3) is 0 Å². The average Bonchev–Trinajstić information content (AvgIpc) is 3.05. The number of anilines is 2. The largest absolute Gasteiger partial charge is 0.363 e. The lowest BCUT2D eigenvalue weighted by Crippen LogP contribution is -2.06. The molecule has 0 bridgehead atoms. The van der Waals surface area contributed by atoms with Gasteiger partial charge >= 0.3 is 0 Å². The zero-order chi connectivity index (χ0) is 13.9. The first kappa shape index (κ1) is 13.3. The molecule has 0 fully saturated rings. The molecule has 3 aromatic rings. The van der Waals surface area contributed by atoms with E-state index in [1.54, 1.807) is 22.7 Å². The summed E-state index contributed by atoms with van der Waals surface area (Å²) in [6.45, 7) is 5.59. The fraction of sp³-hybridized carbons (Fsp3) is 0.308. The summed E-state index contributed by atoms with van der Waals surface area (Å²) >= 11 is 3.32. The van der Waals surface area contributed by atoms with E-state index in [-0.39, 0.29) is 0 Å². The number of hydrogen-bond donors (Lipinski definition) is 2. The van der Waals surface area contributed by atoms with E-state index in [2.05, 4.69) is 32.5 Å². The molecule has 7 heteroatoms. The third-order valence-electron chi connectivity index (χ3n) is 2.74. The SMILES string of the molecule is CCNc1nc(NCc2ncc(C)s2)c2ccsc2n1. The number of thiophene rings is 1. The van der Waals surface area contributed by atoms with Crippen molar-refractivity contribution < 1.29 is 0 Å². The van der Waals surface area contributed by atoms with Crippen LogP contribution in [0.1, 0.15) is 16.8 Å². The zero-order valence-electron chi connectivity index (χ0n) is 11.3. The molecule has 20 heavy (non-hydrogen) atoms. The van der Waals surface area contributed by atoms with Gasteiger partial charge in [-0.2, -0.15) is 4.98 Å². The van der Waals surface area contributed by atoms with Crippen LogP contribution < -0.4 is 10.6 Å². The number of aryl methyl sites for hydroxylation is 1. The molecule has 2 N–H and O–H groups in total. The van der Waals surface area contributed by atoms with Crippen LogP contribution in [0.4, 0.5) is 11.8 Å². The Labute approximate surface area is 125 Å². The minimum atomic E-state index is 0.667. The second-order valence-electron chi connectivity index (χ2n) is 4.28. The van der Waals surface area contributed by atoms with E-state index in [9.17, 15) is 0 Å². The fourth-order valence-electron chi connectivity index (χ4n) is 1.87. The Bertz CT molecular complexity index is 718. The zero-order valence-corrected chi connectivity index (χ0v) is 12.9. The van der Waals surface area contributed by atoms with Crippen molar-refractivity contribution in [1.29, 1.82) is 0 Å². The lowest BCUT2D eigenvalue weighted by molar-refractivity contribution is 1.06. The minimum Gasteiger partial charge on any atom is -0.363 e. The third kappa shape index (κ3) is 2.73. The molecule has 3 heterocycles.